The van der Waals surface area contributed by atoms with E-state index in [4.69, 9.17) is 5.26 Å². The van der Waals surface area contributed by atoms with E-state index in [9.17, 15) is 4.79 Å². The summed E-state index contributed by atoms with van der Waals surface area (Å²) in [5.74, 6) is 0.618. The number of nitrogens with zero attached hydrogens (tertiary/aromatic N) is 2. The second kappa shape index (κ2) is 12.2. The molecule has 0 aliphatic rings. The monoisotopic (exact) mass is 428 g/mol. The summed E-state index contributed by atoms with van der Waals surface area (Å²) < 4.78 is 0. The second-order valence-corrected chi connectivity index (χ2v) is 7.31. The average molecular weight is 429 g/mol. The number of amides is 1. The van der Waals surface area contributed by atoms with Crippen LogP contribution in [0.3, 0.4) is 0 Å². The van der Waals surface area contributed by atoms with Crippen LogP contribution in [0.25, 0.3) is 0 Å². The lowest BCUT2D eigenvalue weighted by Crippen LogP contribution is -2.34. The van der Waals surface area contributed by atoms with Crippen molar-refractivity contribution in [1.82, 2.24) is 15.6 Å². The zero-order valence-corrected chi connectivity index (χ0v) is 18.1. The van der Waals surface area contributed by atoms with Crippen LogP contribution >= 0.6 is 0 Å². The van der Waals surface area contributed by atoms with E-state index in [2.05, 4.69) is 32.3 Å². The van der Waals surface area contributed by atoms with Crippen LogP contribution in [0.4, 0.5) is 11.5 Å². The van der Waals surface area contributed by atoms with Crippen LogP contribution in [0.1, 0.15) is 22.7 Å². The molecule has 0 aliphatic carbocycles. The maximum absolute atomic E-state index is 13.1. The number of rotatable bonds is 11. The molecule has 0 bridgehead atoms. The predicted octanol–water partition coefficient (Wildman–Crippen LogP) is 3.10. The molecule has 32 heavy (non-hydrogen) atoms. The van der Waals surface area contributed by atoms with Crippen LogP contribution in [0.15, 0.2) is 72.9 Å². The van der Waals surface area contributed by atoms with Crippen molar-refractivity contribution < 1.29 is 4.79 Å². The normalized spacial score (nSPS) is 11.4. The summed E-state index contributed by atoms with van der Waals surface area (Å²) in [6.07, 6.45) is 2.40. The Hall–Kier alpha value is -3.73. The van der Waals surface area contributed by atoms with E-state index < -0.39 is 6.04 Å². The Bertz CT molecular complexity index is 1010. The van der Waals surface area contributed by atoms with Crippen LogP contribution < -0.4 is 21.3 Å². The van der Waals surface area contributed by atoms with Gasteiger partial charge in [0.25, 0.3) is 0 Å². The largest absolute Gasteiger partial charge is 0.369 e. The van der Waals surface area contributed by atoms with E-state index >= 15 is 0 Å². The fourth-order valence-corrected chi connectivity index (χ4v) is 3.22. The highest BCUT2D eigenvalue weighted by atomic mass is 16.2. The minimum atomic E-state index is -0.497. The lowest BCUT2D eigenvalue weighted by atomic mass is 10.0. The summed E-state index contributed by atoms with van der Waals surface area (Å²) in [5.41, 5.74) is 3.28. The predicted molar refractivity (Wildman–Crippen MR) is 127 cm³/mol. The Morgan fingerprint density at radius 3 is 2.44 bits per heavy atom. The summed E-state index contributed by atoms with van der Waals surface area (Å²) in [6.45, 7) is 2.23. The van der Waals surface area contributed by atoms with Crippen LogP contribution in [0.5, 0.6) is 0 Å². The lowest BCUT2D eigenvalue weighted by Gasteiger charge is -2.19. The van der Waals surface area contributed by atoms with Crippen molar-refractivity contribution in [3.05, 3.63) is 89.6 Å². The van der Waals surface area contributed by atoms with E-state index in [1.807, 2.05) is 61.6 Å². The molecule has 0 saturated heterocycles. The molecule has 3 aromatic rings. The Labute approximate surface area is 188 Å². The molecule has 0 aliphatic heterocycles. The summed E-state index contributed by atoms with van der Waals surface area (Å²) >= 11 is 0. The molecule has 1 unspecified atom stereocenters. The van der Waals surface area contributed by atoms with Crippen molar-refractivity contribution in [2.45, 2.75) is 12.5 Å². The van der Waals surface area contributed by atoms with E-state index in [0.717, 1.165) is 36.5 Å². The molecule has 3 rings (SSSR count). The van der Waals surface area contributed by atoms with Crippen molar-refractivity contribution in [3.63, 3.8) is 0 Å². The van der Waals surface area contributed by atoms with Crippen molar-refractivity contribution in [3.8, 4) is 6.07 Å². The van der Waals surface area contributed by atoms with Gasteiger partial charge in [-0.15, -0.1) is 0 Å². The van der Waals surface area contributed by atoms with Gasteiger partial charge in [0, 0.05) is 19.6 Å². The summed E-state index contributed by atoms with van der Waals surface area (Å²) in [4.78, 5) is 17.4. The number of benzene rings is 2. The van der Waals surface area contributed by atoms with Crippen molar-refractivity contribution in [2.75, 3.05) is 37.3 Å². The third kappa shape index (κ3) is 6.91. The Morgan fingerprint density at radius 1 is 1.00 bits per heavy atom. The first-order chi connectivity index (χ1) is 15.7. The minimum absolute atomic E-state index is 0.145. The molecular formula is C25H28N6O. The molecule has 2 aromatic carbocycles. The maximum Gasteiger partial charge on any atom is 0.246 e. The fourth-order valence-electron chi connectivity index (χ4n) is 3.22. The molecule has 0 saturated carbocycles. The number of likely N-dealkylation sites (N-methyl/N-ethyl adjacent to an activating group) is 1. The van der Waals surface area contributed by atoms with E-state index in [-0.39, 0.29) is 5.91 Å². The van der Waals surface area contributed by atoms with E-state index in [1.165, 1.54) is 0 Å². The molecule has 1 aromatic heterocycles. The van der Waals surface area contributed by atoms with Gasteiger partial charge >= 0.3 is 0 Å². The third-order valence-corrected chi connectivity index (χ3v) is 4.95. The van der Waals surface area contributed by atoms with Gasteiger partial charge < -0.3 is 21.3 Å². The first-order valence-corrected chi connectivity index (χ1v) is 10.6. The lowest BCUT2D eigenvalue weighted by molar-refractivity contribution is -0.118. The molecule has 1 amide bonds. The number of carbonyl (C=O) groups excluding carboxylic acids is 1. The van der Waals surface area contributed by atoms with Gasteiger partial charge in [-0.25, -0.2) is 4.98 Å². The minimum Gasteiger partial charge on any atom is -0.369 e. The molecule has 0 spiro atoms. The quantitative estimate of drug-likeness (QED) is 0.350. The van der Waals surface area contributed by atoms with Crippen molar-refractivity contribution in [2.24, 2.45) is 0 Å². The first-order valence-electron chi connectivity index (χ1n) is 10.6. The molecule has 0 radical (unpaired) electrons. The number of aromatic nitrogens is 1. The maximum atomic E-state index is 13.1. The zero-order valence-electron chi connectivity index (χ0n) is 18.1. The Kier molecular flexibility index (Phi) is 8.75. The van der Waals surface area contributed by atoms with Crippen LogP contribution in [0, 0.1) is 11.3 Å². The highest BCUT2D eigenvalue weighted by Crippen LogP contribution is 2.17. The second-order valence-electron chi connectivity index (χ2n) is 7.31. The number of hydrogen-bond acceptors (Lipinski definition) is 6. The molecule has 7 nitrogen and oxygen atoms in total. The molecule has 1 heterocycles. The van der Waals surface area contributed by atoms with E-state index in [0.29, 0.717) is 17.8 Å². The van der Waals surface area contributed by atoms with E-state index in [1.54, 1.807) is 18.3 Å². The number of hydrogen-bond donors (Lipinski definition) is 4. The topological polar surface area (TPSA) is 102 Å². The van der Waals surface area contributed by atoms with Gasteiger partial charge in [-0.3, -0.25) is 4.79 Å². The summed E-state index contributed by atoms with van der Waals surface area (Å²) in [7, 11) is 1.90. The molecule has 4 N–H and O–H groups in total. The molecule has 164 valence electrons. The van der Waals surface area contributed by atoms with Crippen LogP contribution in [-0.2, 0) is 11.2 Å². The SMILES string of the molecule is CNCCNc1ccc(NC(=O)C(NCCc2ccc(C#N)cc2)c2ccccc2)cn1. The average Bonchev–Trinajstić information content (AvgIpc) is 2.84. The molecule has 0 fully saturated rings. The van der Waals surface area contributed by atoms with Crippen LogP contribution in [-0.4, -0.2) is 37.6 Å². The van der Waals surface area contributed by atoms with Gasteiger partial charge in [-0.1, -0.05) is 42.5 Å². The van der Waals surface area contributed by atoms with Crippen molar-refractivity contribution in [1.29, 1.82) is 5.26 Å². The smallest absolute Gasteiger partial charge is 0.246 e. The van der Waals surface area contributed by atoms with Gasteiger partial charge in [-0.05, 0) is 48.9 Å². The highest BCUT2D eigenvalue weighted by molar-refractivity contribution is 5.95. The Morgan fingerprint density at radius 2 is 1.78 bits per heavy atom. The standard InChI is InChI=1S/C25H28N6O/c1-27-15-16-28-23-12-11-22(18-30-23)31-25(32)24(21-5-3-2-4-6-21)29-14-13-19-7-9-20(17-26)10-8-19/h2-12,18,24,27,29H,13-16H2,1H3,(H,28,30)(H,31,32). The van der Waals surface area contributed by atoms with Gasteiger partial charge in [0.05, 0.1) is 23.5 Å². The molecule has 7 heteroatoms. The zero-order chi connectivity index (χ0) is 22.6. The summed E-state index contributed by atoms with van der Waals surface area (Å²) in [6, 6.07) is 22.5. The third-order valence-electron chi connectivity index (χ3n) is 4.95. The number of pyridine rings is 1. The number of carbonyl (C=O) groups is 1. The van der Waals surface area contributed by atoms with Crippen molar-refractivity contribution >= 4 is 17.4 Å². The Balaban J connectivity index is 1.61. The fraction of sp³-hybridized carbons (Fsp3) is 0.240. The van der Waals surface area contributed by atoms with Gasteiger partial charge in [-0.2, -0.15) is 5.26 Å². The number of nitriles is 1. The van der Waals surface area contributed by atoms with Gasteiger partial charge in [0.15, 0.2) is 0 Å². The van der Waals surface area contributed by atoms with Gasteiger partial charge in [0.1, 0.15) is 11.9 Å². The highest BCUT2D eigenvalue weighted by Gasteiger charge is 2.20. The first kappa shape index (κ1) is 22.9. The number of anilines is 2. The number of nitrogens with one attached hydrogen (secondary N) is 4. The van der Waals surface area contributed by atoms with Crippen LogP contribution in [0.2, 0.25) is 0 Å². The molecule has 1 atom stereocenters. The molecular weight excluding hydrogens is 400 g/mol. The summed E-state index contributed by atoms with van der Waals surface area (Å²) in [5, 5.41) is 21.5. The van der Waals surface area contributed by atoms with Gasteiger partial charge in [0.2, 0.25) is 5.91 Å².